The summed E-state index contributed by atoms with van der Waals surface area (Å²) in [7, 11) is 3.30. The van der Waals surface area contributed by atoms with Gasteiger partial charge in [0.2, 0.25) is 0 Å². The molecule has 1 heterocycles. The Labute approximate surface area is 203 Å². The van der Waals surface area contributed by atoms with E-state index in [9.17, 15) is 10.1 Å². The van der Waals surface area contributed by atoms with Crippen molar-refractivity contribution in [3.05, 3.63) is 107 Å². The highest BCUT2D eigenvalue weighted by molar-refractivity contribution is 6.06. The maximum atomic E-state index is 11.3. The smallest absolute Gasteiger partial charge is 0.269 e. The number of ether oxygens (including phenoxy) is 2. The van der Waals surface area contributed by atoms with E-state index in [1.54, 1.807) is 26.4 Å². The van der Waals surface area contributed by atoms with Gasteiger partial charge < -0.3 is 14.0 Å². The fraction of sp³-hybridized carbons (Fsp3) is 0.103. The van der Waals surface area contributed by atoms with E-state index in [1.165, 1.54) is 0 Å². The minimum absolute atomic E-state index is 0.0577. The summed E-state index contributed by atoms with van der Waals surface area (Å²) in [5.41, 5.74) is 7.09. The van der Waals surface area contributed by atoms with Crippen LogP contribution in [0.4, 0.5) is 5.69 Å². The van der Waals surface area contributed by atoms with Crippen LogP contribution in [0.3, 0.4) is 0 Å². The number of non-ortho nitro benzene ring substituents is 1. The number of hydrogen-bond acceptors (Lipinski definition) is 4. The fourth-order valence-electron chi connectivity index (χ4n) is 4.50. The van der Waals surface area contributed by atoms with Crippen LogP contribution in [-0.4, -0.2) is 23.7 Å². The summed E-state index contributed by atoms with van der Waals surface area (Å²) in [4.78, 5) is 10.9. The van der Waals surface area contributed by atoms with Crippen molar-refractivity contribution in [3.63, 3.8) is 0 Å². The summed E-state index contributed by atoms with van der Waals surface area (Å²) in [6.07, 6.45) is 0. The number of nitro benzene ring substituents is 1. The van der Waals surface area contributed by atoms with Gasteiger partial charge in [-0.1, -0.05) is 23.8 Å². The van der Waals surface area contributed by atoms with Crippen molar-refractivity contribution in [3.8, 4) is 39.6 Å². The number of methoxy groups -OCH3 is 2. The number of benzene rings is 4. The van der Waals surface area contributed by atoms with Gasteiger partial charge in [0.1, 0.15) is 11.5 Å². The van der Waals surface area contributed by atoms with E-state index in [4.69, 9.17) is 9.47 Å². The topological polar surface area (TPSA) is 66.5 Å². The van der Waals surface area contributed by atoms with Gasteiger partial charge in [-0.25, -0.2) is 0 Å². The molecule has 0 radical (unpaired) electrons. The molecule has 0 spiro atoms. The first-order chi connectivity index (χ1) is 17.0. The van der Waals surface area contributed by atoms with Crippen LogP contribution in [0.2, 0.25) is 0 Å². The third-order valence-corrected chi connectivity index (χ3v) is 6.16. The molecule has 5 aromatic rings. The Kier molecular flexibility index (Phi) is 5.71. The van der Waals surface area contributed by atoms with E-state index in [1.807, 2.05) is 60.7 Å². The second-order valence-corrected chi connectivity index (χ2v) is 8.31. The van der Waals surface area contributed by atoms with Gasteiger partial charge in [0.05, 0.1) is 30.4 Å². The molecule has 1 aromatic heterocycles. The number of aryl methyl sites for hydroxylation is 1. The third-order valence-electron chi connectivity index (χ3n) is 6.16. The van der Waals surface area contributed by atoms with Gasteiger partial charge in [-0.15, -0.1) is 0 Å². The van der Waals surface area contributed by atoms with E-state index in [2.05, 4.69) is 29.7 Å². The quantitative estimate of drug-likeness (QED) is 0.197. The van der Waals surface area contributed by atoms with E-state index in [0.29, 0.717) is 0 Å². The van der Waals surface area contributed by atoms with E-state index in [-0.39, 0.29) is 10.6 Å². The zero-order chi connectivity index (χ0) is 24.5. The molecule has 0 aliphatic heterocycles. The molecule has 6 heteroatoms. The van der Waals surface area contributed by atoms with Crippen molar-refractivity contribution in [1.82, 2.24) is 4.57 Å². The summed E-state index contributed by atoms with van der Waals surface area (Å²) in [6, 6.07) is 29.0. The SMILES string of the molecule is COc1ccc(-n2c(-c3cccc(C)c3)c(-c3ccc([N+](=O)[O-])cc3)c3cc(OC)ccc32)cc1. The molecule has 0 fully saturated rings. The average molecular weight is 465 g/mol. The van der Waals surface area contributed by atoms with Crippen LogP contribution in [0.15, 0.2) is 91.0 Å². The maximum absolute atomic E-state index is 11.3. The predicted molar refractivity (Wildman–Crippen MR) is 139 cm³/mol. The maximum Gasteiger partial charge on any atom is 0.269 e. The van der Waals surface area contributed by atoms with Crippen LogP contribution in [0.25, 0.3) is 39.0 Å². The number of nitrogens with zero attached hydrogens (tertiary/aromatic N) is 2. The molecule has 0 N–H and O–H groups in total. The molecule has 174 valence electrons. The molecule has 0 aliphatic rings. The summed E-state index contributed by atoms with van der Waals surface area (Å²) >= 11 is 0. The molecule has 0 saturated heterocycles. The lowest BCUT2D eigenvalue weighted by Crippen LogP contribution is -1.98. The molecule has 0 aliphatic carbocycles. The zero-order valence-electron chi connectivity index (χ0n) is 19.7. The summed E-state index contributed by atoms with van der Waals surface area (Å²) in [5.74, 6) is 1.52. The first kappa shape index (κ1) is 22.2. The Balaban J connectivity index is 1.90. The Morgan fingerprint density at radius 3 is 2.09 bits per heavy atom. The number of rotatable bonds is 6. The van der Waals surface area contributed by atoms with Crippen LogP contribution >= 0.6 is 0 Å². The highest BCUT2D eigenvalue weighted by Gasteiger charge is 2.22. The Bertz CT molecular complexity index is 1530. The minimum Gasteiger partial charge on any atom is -0.497 e. The molecule has 0 atom stereocenters. The second kappa shape index (κ2) is 8.99. The zero-order valence-corrected chi connectivity index (χ0v) is 19.7. The van der Waals surface area contributed by atoms with Crippen molar-refractivity contribution in [2.75, 3.05) is 14.2 Å². The molecule has 35 heavy (non-hydrogen) atoms. The molecule has 0 unspecified atom stereocenters. The fourth-order valence-corrected chi connectivity index (χ4v) is 4.50. The largest absolute Gasteiger partial charge is 0.497 e. The van der Waals surface area contributed by atoms with Crippen molar-refractivity contribution in [1.29, 1.82) is 0 Å². The molecule has 0 bridgehead atoms. The van der Waals surface area contributed by atoms with Crippen LogP contribution in [0.5, 0.6) is 11.5 Å². The van der Waals surface area contributed by atoms with Gasteiger partial charge in [-0.2, -0.15) is 0 Å². The van der Waals surface area contributed by atoms with Gasteiger partial charge in [-0.3, -0.25) is 10.1 Å². The average Bonchev–Trinajstić information content (AvgIpc) is 3.23. The predicted octanol–water partition coefficient (Wildman–Crippen LogP) is 7.20. The Morgan fingerprint density at radius 2 is 1.46 bits per heavy atom. The number of hydrogen-bond donors (Lipinski definition) is 0. The molecule has 0 saturated carbocycles. The van der Waals surface area contributed by atoms with Crippen molar-refractivity contribution < 1.29 is 14.4 Å². The van der Waals surface area contributed by atoms with E-state index in [0.717, 1.165) is 56.0 Å². The van der Waals surface area contributed by atoms with Gasteiger partial charge in [0.25, 0.3) is 5.69 Å². The number of nitro groups is 1. The molecule has 4 aromatic carbocycles. The third kappa shape index (κ3) is 3.99. The Hall–Kier alpha value is -4.58. The standard InChI is InChI=1S/C29H24N2O4/c1-19-5-4-6-21(17-19)29-28(20-7-9-23(10-8-20)31(32)33)26-18-25(35-3)15-16-27(26)30(29)22-11-13-24(34-2)14-12-22/h4-18H,1-3H3. The second-order valence-electron chi connectivity index (χ2n) is 8.31. The van der Waals surface area contributed by atoms with Crippen molar-refractivity contribution in [2.45, 2.75) is 6.92 Å². The van der Waals surface area contributed by atoms with Gasteiger partial charge >= 0.3 is 0 Å². The first-order valence-corrected chi connectivity index (χ1v) is 11.2. The highest BCUT2D eigenvalue weighted by Crippen LogP contribution is 2.44. The van der Waals surface area contributed by atoms with Crippen LogP contribution in [-0.2, 0) is 0 Å². The molecular formula is C29H24N2O4. The number of fused-ring (bicyclic) bond motifs is 1. The van der Waals surface area contributed by atoms with E-state index < -0.39 is 0 Å². The van der Waals surface area contributed by atoms with E-state index >= 15 is 0 Å². The minimum atomic E-state index is -0.380. The van der Waals surface area contributed by atoms with Crippen LogP contribution in [0, 0.1) is 17.0 Å². The lowest BCUT2D eigenvalue weighted by molar-refractivity contribution is -0.384. The summed E-state index contributed by atoms with van der Waals surface area (Å²) < 4.78 is 13.2. The highest BCUT2D eigenvalue weighted by atomic mass is 16.6. The van der Waals surface area contributed by atoms with Gasteiger partial charge in [0, 0.05) is 28.8 Å². The molecule has 6 nitrogen and oxygen atoms in total. The lowest BCUT2D eigenvalue weighted by atomic mass is 9.97. The summed E-state index contributed by atoms with van der Waals surface area (Å²) in [6.45, 7) is 2.07. The normalized spacial score (nSPS) is 10.9. The van der Waals surface area contributed by atoms with Gasteiger partial charge in [0.15, 0.2) is 0 Å². The Morgan fingerprint density at radius 1 is 0.771 bits per heavy atom. The van der Waals surface area contributed by atoms with Gasteiger partial charge in [-0.05, 0) is 78.7 Å². The molecule has 5 rings (SSSR count). The van der Waals surface area contributed by atoms with Crippen LogP contribution in [0.1, 0.15) is 5.56 Å². The number of aromatic nitrogens is 1. The van der Waals surface area contributed by atoms with Crippen LogP contribution < -0.4 is 9.47 Å². The summed E-state index contributed by atoms with van der Waals surface area (Å²) in [5, 5.41) is 12.3. The van der Waals surface area contributed by atoms with Crippen molar-refractivity contribution >= 4 is 16.6 Å². The first-order valence-electron chi connectivity index (χ1n) is 11.2. The lowest BCUT2D eigenvalue weighted by Gasteiger charge is -2.14. The molecule has 0 amide bonds. The van der Waals surface area contributed by atoms with Crippen molar-refractivity contribution in [2.24, 2.45) is 0 Å². The monoisotopic (exact) mass is 464 g/mol. The molecular weight excluding hydrogens is 440 g/mol.